The fourth-order valence-corrected chi connectivity index (χ4v) is 1.92. The lowest BCUT2D eigenvalue weighted by atomic mass is 10.4. The minimum absolute atomic E-state index is 0.293. The number of aromatic amines is 1. The predicted octanol–water partition coefficient (Wildman–Crippen LogP) is 0.0398. The first-order valence-corrected chi connectivity index (χ1v) is 5.44. The molecule has 9 heteroatoms. The van der Waals surface area contributed by atoms with Gasteiger partial charge in [0.15, 0.2) is 28.6 Å². The van der Waals surface area contributed by atoms with Gasteiger partial charge in [-0.1, -0.05) is 0 Å². The van der Waals surface area contributed by atoms with Gasteiger partial charge in [-0.3, -0.25) is 4.40 Å². The van der Waals surface area contributed by atoms with E-state index in [9.17, 15) is 0 Å². The SMILES string of the molecule is Nc1nccnc1-c1nnc2c3[nH]cnc3ncn12. The monoisotopic (exact) mass is 253 g/mol. The first kappa shape index (κ1) is 9.88. The molecular formula is C10H7N9. The maximum absolute atomic E-state index is 5.80. The molecule has 9 nitrogen and oxygen atoms in total. The van der Waals surface area contributed by atoms with E-state index in [0.29, 0.717) is 34.1 Å². The first-order chi connectivity index (χ1) is 9.34. The second-order valence-corrected chi connectivity index (χ2v) is 3.85. The molecule has 0 spiro atoms. The Labute approximate surface area is 105 Å². The van der Waals surface area contributed by atoms with Gasteiger partial charge >= 0.3 is 0 Å². The highest BCUT2D eigenvalue weighted by Gasteiger charge is 2.15. The van der Waals surface area contributed by atoms with Gasteiger partial charge in [-0.2, -0.15) is 0 Å². The molecule has 0 aliphatic rings. The molecule has 0 radical (unpaired) electrons. The molecule has 4 rings (SSSR count). The molecular weight excluding hydrogens is 246 g/mol. The molecule has 4 aromatic heterocycles. The van der Waals surface area contributed by atoms with E-state index < -0.39 is 0 Å². The number of rotatable bonds is 1. The molecule has 0 saturated carbocycles. The summed E-state index contributed by atoms with van der Waals surface area (Å²) in [5.41, 5.74) is 8.18. The van der Waals surface area contributed by atoms with Crippen LogP contribution in [0.3, 0.4) is 0 Å². The second-order valence-electron chi connectivity index (χ2n) is 3.85. The Bertz CT molecular complexity index is 890. The molecule has 0 aromatic carbocycles. The van der Waals surface area contributed by atoms with Crippen molar-refractivity contribution in [2.45, 2.75) is 0 Å². The lowest BCUT2D eigenvalue weighted by Gasteiger charge is -2.00. The third kappa shape index (κ3) is 1.29. The number of H-pyrrole nitrogens is 1. The zero-order chi connectivity index (χ0) is 12.8. The third-order valence-corrected chi connectivity index (χ3v) is 2.77. The fourth-order valence-electron chi connectivity index (χ4n) is 1.92. The maximum atomic E-state index is 5.80. The molecule has 19 heavy (non-hydrogen) atoms. The number of hydrogen-bond acceptors (Lipinski definition) is 7. The number of hydrogen-bond donors (Lipinski definition) is 2. The van der Waals surface area contributed by atoms with E-state index in [4.69, 9.17) is 5.73 Å². The number of imidazole rings is 1. The Morgan fingerprint density at radius 3 is 2.84 bits per heavy atom. The van der Waals surface area contributed by atoms with Crippen LogP contribution in [0.2, 0.25) is 0 Å². The Morgan fingerprint density at radius 2 is 1.95 bits per heavy atom. The molecule has 3 N–H and O–H groups in total. The van der Waals surface area contributed by atoms with Crippen molar-refractivity contribution in [3.63, 3.8) is 0 Å². The van der Waals surface area contributed by atoms with Crippen LogP contribution >= 0.6 is 0 Å². The number of nitrogen functional groups attached to an aromatic ring is 1. The van der Waals surface area contributed by atoms with E-state index >= 15 is 0 Å². The van der Waals surface area contributed by atoms with Crippen molar-refractivity contribution in [2.75, 3.05) is 5.73 Å². The minimum atomic E-state index is 0.293. The van der Waals surface area contributed by atoms with E-state index in [-0.39, 0.29) is 0 Å². The van der Waals surface area contributed by atoms with Crippen molar-refractivity contribution in [1.82, 2.24) is 39.5 Å². The molecule has 0 amide bonds. The smallest absolute Gasteiger partial charge is 0.192 e. The van der Waals surface area contributed by atoms with Gasteiger partial charge in [-0.25, -0.2) is 19.9 Å². The minimum Gasteiger partial charge on any atom is -0.382 e. The van der Waals surface area contributed by atoms with E-state index in [1.807, 2.05) is 0 Å². The summed E-state index contributed by atoms with van der Waals surface area (Å²) in [6.07, 6.45) is 6.22. The molecule has 0 atom stereocenters. The molecule has 0 saturated heterocycles. The number of nitrogens with zero attached hydrogens (tertiary/aromatic N) is 7. The molecule has 0 unspecified atom stereocenters. The highest BCUT2D eigenvalue weighted by Crippen LogP contribution is 2.21. The highest BCUT2D eigenvalue weighted by molar-refractivity contribution is 5.85. The summed E-state index contributed by atoms with van der Waals surface area (Å²) in [5, 5.41) is 8.21. The summed E-state index contributed by atoms with van der Waals surface area (Å²) in [6, 6.07) is 0. The zero-order valence-corrected chi connectivity index (χ0v) is 9.52. The Balaban J connectivity index is 2.09. The largest absolute Gasteiger partial charge is 0.382 e. The van der Waals surface area contributed by atoms with Crippen LogP contribution in [-0.2, 0) is 0 Å². The van der Waals surface area contributed by atoms with Crippen molar-refractivity contribution < 1.29 is 0 Å². The van der Waals surface area contributed by atoms with Gasteiger partial charge in [0.25, 0.3) is 0 Å². The van der Waals surface area contributed by atoms with Crippen LogP contribution < -0.4 is 5.73 Å². The lowest BCUT2D eigenvalue weighted by molar-refractivity contribution is 1.06. The Kier molecular flexibility index (Phi) is 1.79. The van der Waals surface area contributed by atoms with Gasteiger partial charge in [0.2, 0.25) is 0 Å². The molecule has 0 aliphatic heterocycles. The molecule has 0 bridgehead atoms. The van der Waals surface area contributed by atoms with Gasteiger partial charge < -0.3 is 10.7 Å². The first-order valence-electron chi connectivity index (χ1n) is 5.44. The van der Waals surface area contributed by atoms with Crippen LogP contribution in [0.5, 0.6) is 0 Å². The van der Waals surface area contributed by atoms with Crippen LogP contribution in [-0.4, -0.2) is 39.5 Å². The van der Waals surface area contributed by atoms with Gasteiger partial charge in [-0.05, 0) is 0 Å². The Morgan fingerprint density at radius 1 is 1.05 bits per heavy atom. The zero-order valence-electron chi connectivity index (χ0n) is 9.52. The van der Waals surface area contributed by atoms with Crippen molar-refractivity contribution in [3.8, 4) is 11.5 Å². The van der Waals surface area contributed by atoms with Crippen LogP contribution in [0.1, 0.15) is 0 Å². The number of fused-ring (bicyclic) bond motifs is 3. The summed E-state index contributed by atoms with van der Waals surface area (Å²) in [5.74, 6) is 0.783. The normalized spacial score (nSPS) is 11.4. The average molecular weight is 253 g/mol. The molecule has 4 aromatic rings. The van der Waals surface area contributed by atoms with E-state index in [1.54, 1.807) is 23.3 Å². The Hall–Kier alpha value is -3.10. The fraction of sp³-hybridized carbons (Fsp3) is 0. The van der Waals surface area contributed by atoms with Crippen LogP contribution in [0.4, 0.5) is 5.82 Å². The topological polar surface area (TPSA) is 124 Å². The van der Waals surface area contributed by atoms with Gasteiger partial charge in [0.05, 0.1) is 6.33 Å². The van der Waals surface area contributed by atoms with Crippen molar-refractivity contribution in [2.24, 2.45) is 0 Å². The van der Waals surface area contributed by atoms with E-state index in [0.717, 1.165) is 0 Å². The van der Waals surface area contributed by atoms with Crippen molar-refractivity contribution in [3.05, 3.63) is 25.0 Å². The van der Waals surface area contributed by atoms with Crippen molar-refractivity contribution in [1.29, 1.82) is 0 Å². The third-order valence-electron chi connectivity index (χ3n) is 2.77. The van der Waals surface area contributed by atoms with Crippen LogP contribution in [0.25, 0.3) is 28.3 Å². The maximum Gasteiger partial charge on any atom is 0.192 e. The lowest BCUT2D eigenvalue weighted by Crippen LogP contribution is -2.00. The molecule has 0 fully saturated rings. The highest BCUT2D eigenvalue weighted by atomic mass is 15.3. The van der Waals surface area contributed by atoms with E-state index in [1.165, 1.54) is 6.20 Å². The van der Waals surface area contributed by atoms with E-state index in [2.05, 4.69) is 35.1 Å². The number of aromatic nitrogens is 8. The predicted molar refractivity (Wildman–Crippen MR) is 65.9 cm³/mol. The summed E-state index contributed by atoms with van der Waals surface area (Å²) in [4.78, 5) is 19.4. The quantitative estimate of drug-likeness (QED) is 0.490. The molecule has 0 aliphatic carbocycles. The molecule has 92 valence electrons. The second kappa shape index (κ2) is 3.45. The van der Waals surface area contributed by atoms with Gasteiger partial charge in [0.1, 0.15) is 11.8 Å². The summed E-state index contributed by atoms with van der Waals surface area (Å²) in [6.45, 7) is 0. The number of nitrogens with two attached hydrogens (primary N) is 1. The number of anilines is 1. The van der Waals surface area contributed by atoms with Crippen molar-refractivity contribution >= 4 is 22.6 Å². The van der Waals surface area contributed by atoms with Crippen LogP contribution in [0, 0.1) is 0 Å². The van der Waals surface area contributed by atoms with Gasteiger partial charge in [0, 0.05) is 12.4 Å². The summed E-state index contributed by atoms with van der Waals surface area (Å²) < 4.78 is 1.70. The number of nitrogens with one attached hydrogen (secondary N) is 1. The average Bonchev–Trinajstić information content (AvgIpc) is 3.04. The molecule has 4 heterocycles. The summed E-state index contributed by atoms with van der Waals surface area (Å²) in [7, 11) is 0. The van der Waals surface area contributed by atoms with Crippen LogP contribution in [0.15, 0.2) is 25.0 Å². The summed E-state index contributed by atoms with van der Waals surface area (Å²) >= 11 is 0. The van der Waals surface area contributed by atoms with Gasteiger partial charge in [-0.15, -0.1) is 10.2 Å². The standard InChI is InChI=1S/C10H7N9/c11-7-5(12-1-2-13-7)9-17-18-10-6-8(15-3-14-6)16-4-19(9)10/h1-4H,(H2,11,13)(H,14,15).